The summed E-state index contributed by atoms with van der Waals surface area (Å²) in [4.78, 5) is 14.8. The van der Waals surface area contributed by atoms with Gasteiger partial charge in [-0.3, -0.25) is 4.79 Å². The van der Waals surface area contributed by atoms with Gasteiger partial charge in [0.05, 0.1) is 20.3 Å². The Morgan fingerprint density at radius 2 is 1.42 bits per heavy atom. The molecule has 0 bridgehead atoms. The average Bonchev–Trinajstić information content (AvgIpc) is 3.05. The van der Waals surface area contributed by atoms with Crippen LogP contribution in [0.1, 0.15) is 22.7 Å². The van der Waals surface area contributed by atoms with E-state index in [4.69, 9.17) is 21.1 Å². The van der Waals surface area contributed by atoms with Crippen LogP contribution >= 0.6 is 11.6 Å². The fraction of sp³-hybridized carbons (Fsp3) is 0.160. The Balaban J connectivity index is 1.76. The molecule has 1 atom stereocenters. The molecule has 0 aromatic heterocycles. The van der Waals surface area contributed by atoms with E-state index in [0.717, 1.165) is 22.4 Å². The molecule has 31 heavy (non-hydrogen) atoms. The fourth-order valence-corrected chi connectivity index (χ4v) is 3.93. The first-order valence-electron chi connectivity index (χ1n) is 9.78. The highest BCUT2D eigenvalue weighted by Gasteiger charge is 2.41. The standard InChI is InChI=1S/C25H22ClNO4/c1-30-20-11-3-16(4-12-20)15-27-23(18-5-9-19(26)10-6-18)22(24(28)25(27)29)17-7-13-21(31-2)14-8-17/h3-14,23,28H,15H2,1-2H3/t23-/m1/s1. The molecule has 0 saturated carbocycles. The van der Waals surface area contributed by atoms with Crippen LogP contribution in [0.5, 0.6) is 11.5 Å². The summed E-state index contributed by atoms with van der Waals surface area (Å²) in [6, 6.07) is 21.7. The molecule has 3 aromatic rings. The van der Waals surface area contributed by atoms with Gasteiger partial charge in [-0.15, -0.1) is 0 Å². The lowest BCUT2D eigenvalue weighted by Gasteiger charge is -2.27. The van der Waals surface area contributed by atoms with Crippen LogP contribution in [0.3, 0.4) is 0 Å². The number of methoxy groups -OCH3 is 2. The van der Waals surface area contributed by atoms with Gasteiger partial charge in [-0.1, -0.05) is 48.0 Å². The van der Waals surface area contributed by atoms with E-state index >= 15 is 0 Å². The van der Waals surface area contributed by atoms with Crippen molar-refractivity contribution in [2.75, 3.05) is 14.2 Å². The molecule has 4 rings (SSSR count). The average molecular weight is 436 g/mol. The number of hydrogen-bond donors (Lipinski definition) is 1. The largest absolute Gasteiger partial charge is 0.503 e. The Bertz CT molecular complexity index is 1110. The van der Waals surface area contributed by atoms with E-state index in [0.29, 0.717) is 22.9 Å². The van der Waals surface area contributed by atoms with Gasteiger partial charge in [-0.2, -0.15) is 0 Å². The van der Waals surface area contributed by atoms with Crippen molar-refractivity contribution in [1.29, 1.82) is 0 Å². The van der Waals surface area contributed by atoms with E-state index in [1.807, 2.05) is 60.7 Å². The molecule has 0 radical (unpaired) electrons. The van der Waals surface area contributed by atoms with E-state index in [1.165, 1.54) is 0 Å². The Hall–Kier alpha value is -3.44. The number of amides is 1. The Labute approximate surface area is 186 Å². The lowest BCUT2D eigenvalue weighted by molar-refractivity contribution is -0.130. The molecule has 0 spiro atoms. The van der Waals surface area contributed by atoms with Gasteiger partial charge in [0.25, 0.3) is 5.91 Å². The number of benzene rings is 3. The summed E-state index contributed by atoms with van der Waals surface area (Å²) in [6.07, 6.45) is 0. The molecule has 1 amide bonds. The Kier molecular flexibility index (Phi) is 5.87. The predicted molar refractivity (Wildman–Crippen MR) is 120 cm³/mol. The van der Waals surface area contributed by atoms with Gasteiger partial charge in [-0.25, -0.2) is 0 Å². The summed E-state index contributed by atoms with van der Waals surface area (Å²) in [5.74, 6) is 0.775. The van der Waals surface area contributed by atoms with Gasteiger partial charge in [0.1, 0.15) is 11.5 Å². The van der Waals surface area contributed by atoms with Crippen LogP contribution in [0.2, 0.25) is 5.02 Å². The van der Waals surface area contributed by atoms with Crippen LogP contribution in [-0.4, -0.2) is 30.1 Å². The number of ether oxygens (including phenoxy) is 2. The maximum Gasteiger partial charge on any atom is 0.290 e. The lowest BCUT2D eigenvalue weighted by Crippen LogP contribution is -2.29. The van der Waals surface area contributed by atoms with Gasteiger partial charge in [0.15, 0.2) is 5.76 Å². The van der Waals surface area contributed by atoms with Crippen LogP contribution in [0.4, 0.5) is 0 Å². The topological polar surface area (TPSA) is 59.0 Å². The van der Waals surface area contributed by atoms with E-state index in [2.05, 4.69) is 0 Å². The van der Waals surface area contributed by atoms with Gasteiger partial charge in [-0.05, 0) is 53.1 Å². The molecule has 158 valence electrons. The van der Waals surface area contributed by atoms with Crippen molar-refractivity contribution in [3.8, 4) is 11.5 Å². The minimum absolute atomic E-state index is 0.251. The summed E-state index contributed by atoms with van der Waals surface area (Å²) >= 11 is 6.09. The highest BCUT2D eigenvalue weighted by molar-refractivity contribution is 6.30. The summed E-state index contributed by atoms with van der Waals surface area (Å²) in [7, 11) is 3.20. The van der Waals surface area contributed by atoms with Crippen molar-refractivity contribution < 1.29 is 19.4 Å². The van der Waals surface area contributed by atoms with Crippen LogP contribution in [-0.2, 0) is 11.3 Å². The molecule has 5 nitrogen and oxygen atoms in total. The summed E-state index contributed by atoms with van der Waals surface area (Å²) in [6.45, 7) is 0.333. The number of halogens is 1. The zero-order valence-corrected chi connectivity index (χ0v) is 18.0. The van der Waals surface area contributed by atoms with Crippen molar-refractivity contribution in [2.24, 2.45) is 0 Å². The van der Waals surface area contributed by atoms with Crippen LogP contribution in [0.25, 0.3) is 5.57 Å². The molecule has 1 heterocycles. The number of carbonyl (C=O) groups is 1. The molecular formula is C25H22ClNO4. The molecular weight excluding hydrogens is 414 g/mol. The van der Waals surface area contributed by atoms with Crippen molar-refractivity contribution in [3.63, 3.8) is 0 Å². The van der Waals surface area contributed by atoms with Gasteiger partial charge < -0.3 is 19.5 Å². The van der Waals surface area contributed by atoms with E-state index in [9.17, 15) is 9.90 Å². The maximum absolute atomic E-state index is 13.1. The van der Waals surface area contributed by atoms with Gasteiger partial charge in [0, 0.05) is 17.1 Å². The SMILES string of the molecule is COc1ccc(CN2C(=O)C(O)=C(c3ccc(OC)cc3)[C@H]2c2ccc(Cl)cc2)cc1. The lowest BCUT2D eigenvalue weighted by atomic mass is 9.93. The second-order valence-corrected chi connectivity index (χ2v) is 7.66. The number of aliphatic hydroxyl groups excluding tert-OH is 1. The number of hydrogen-bond acceptors (Lipinski definition) is 4. The minimum Gasteiger partial charge on any atom is -0.503 e. The number of carbonyl (C=O) groups excluding carboxylic acids is 1. The Morgan fingerprint density at radius 1 is 0.871 bits per heavy atom. The molecule has 0 fully saturated rings. The van der Waals surface area contributed by atoms with E-state index in [-0.39, 0.29) is 5.76 Å². The van der Waals surface area contributed by atoms with Crippen molar-refractivity contribution in [3.05, 3.63) is 100 Å². The molecule has 3 aromatic carbocycles. The number of nitrogens with zero attached hydrogens (tertiary/aromatic N) is 1. The first kappa shape index (κ1) is 20.8. The van der Waals surface area contributed by atoms with Crippen molar-refractivity contribution >= 4 is 23.1 Å². The highest BCUT2D eigenvalue weighted by atomic mass is 35.5. The molecule has 0 unspecified atom stereocenters. The molecule has 0 saturated heterocycles. The third-order valence-corrected chi connectivity index (χ3v) is 5.65. The smallest absolute Gasteiger partial charge is 0.290 e. The minimum atomic E-state index is -0.458. The monoisotopic (exact) mass is 435 g/mol. The first-order valence-corrected chi connectivity index (χ1v) is 10.2. The van der Waals surface area contributed by atoms with E-state index in [1.54, 1.807) is 31.3 Å². The second kappa shape index (κ2) is 8.74. The van der Waals surface area contributed by atoms with E-state index < -0.39 is 11.9 Å². The van der Waals surface area contributed by atoms with Crippen LogP contribution in [0, 0.1) is 0 Å². The summed E-state index contributed by atoms with van der Waals surface area (Å²) < 4.78 is 10.5. The van der Waals surface area contributed by atoms with Gasteiger partial charge in [0.2, 0.25) is 0 Å². The maximum atomic E-state index is 13.1. The molecule has 1 aliphatic heterocycles. The fourth-order valence-electron chi connectivity index (χ4n) is 3.80. The molecule has 0 aliphatic carbocycles. The van der Waals surface area contributed by atoms with Crippen LogP contribution in [0.15, 0.2) is 78.6 Å². The zero-order valence-electron chi connectivity index (χ0n) is 17.2. The van der Waals surface area contributed by atoms with Crippen molar-refractivity contribution in [2.45, 2.75) is 12.6 Å². The van der Waals surface area contributed by atoms with Crippen LogP contribution < -0.4 is 9.47 Å². The first-order chi connectivity index (χ1) is 15.0. The zero-order chi connectivity index (χ0) is 22.0. The number of rotatable bonds is 6. The molecule has 1 N–H and O–H groups in total. The predicted octanol–water partition coefficient (Wildman–Crippen LogP) is 5.41. The summed E-state index contributed by atoms with van der Waals surface area (Å²) in [5, 5.41) is 11.5. The third kappa shape index (κ3) is 4.09. The van der Waals surface area contributed by atoms with Gasteiger partial charge >= 0.3 is 0 Å². The molecule has 1 aliphatic rings. The second-order valence-electron chi connectivity index (χ2n) is 7.23. The summed E-state index contributed by atoms with van der Waals surface area (Å²) in [5.41, 5.74) is 3.10. The Morgan fingerprint density at radius 3 is 1.97 bits per heavy atom. The quantitative estimate of drug-likeness (QED) is 0.562. The highest BCUT2D eigenvalue weighted by Crippen LogP contribution is 2.44. The normalized spacial score (nSPS) is 16.0. The number of aliphatic hydroxyl groups is 1. The van der Waals surface area contributed by atoms with Crippen molar-refractivity contribution in [1.82, 2.24) is 4.90 Å². The third-order valence-electron chi connectivity index (χ3n) is 5.40. The molecule has 6 heteroatoms.